The zero-order valence-corrected chi connectivity index (χ0v) is 16.4. The summed E-state index contributed by atoms with van der Waals surface area (Å²) >= 11 is 11.8. The molecule has 0 atom stereocenters. The number of rotatable bonds is 7. The monoisotopic (exact) mass is 417 g/mol. The van der Waals surface area contributed by atoms with Crippen molar-refractivity contribution in [1.82, 2.24) is 4.31 Å². The van der Waals surface area contributed by atoms with Crippen LogP contribution in [0.15, 0.2) is 47.4 Å². The van der Waals surface area contributed by atoms with Gasteiger partial charge in [0.15, 0.2) is 0 Å². The molecule has 9 heteroatoms. The highest BCUT2D eigenvalue weighted by molar-refractivity contribution is 7.89. The van der Waals surface area contributed by atoms with Crippen molar-refractivity contribution in [3.8, 4) is 5.75 Å². The maximum atomic E-state index is 12.0. The van der Waals surface area contributed by atoms with Crippen LogP contribution in [0.2, 0.25) is 10.0 Å². The summed E-state index contributed by atoms with van der Waals surface area (Å²) in [7, 11) is -0.669. The van der Waals surface area contributed by atoms with E-state index in [-0.39, 0.29) is 23.7 Å². The number of carbonyl (C=O) groups excluding carboxylic acids is 1. The topological polar surface area (TPSA) is 72.9 Å². The zero-order chi connectivity index (χ0) is 19.3. The number of sulfonamides is 1. The summed E-state index contributed by atoms with van der Waals surface area (Å²) < 4.78 is 35.6. The van der Waals surface area contributed by atoms with E-state index in [1.165, 1.54) is 38.4 Å². The molecule has 0 aliphatic carbocycles. The van der Waals surface area contributed by atoms with Crippen molar-refractivity contribution < 1.29 is 22.7 Å². The molecule has 0 saturated heterocycles. The number of nitrogens with zero attached hydrogens (tertiary/aromatic N) is 1. The minimum atomic E-state index is -3.54. The molecule has 0 saturated carbocycles. The van der Waals surface area contributed by atoms with E-state index in [0.29, 0.717) is 15.8 Å². The molecule has 6 nitrogen and oxygen atoms in total. The summed E-state index contributed by atoms with van der Waals surface area (Å²) in [5, 5.41) is 0.857. The lowest BCUT2D eigenvalue weighted by Gasteiger charge is -2.12. The van der Waals surface area contributed by atoms with Crippen LogP contribution in [0.3, 0.4) is 0 Å². The molecule has 2 aromatic carbocycles. The molecule has 0 heterocycles. The summed E-state index contributed by atoms with van der Waals surface area (Å²) in [5.41, 5.74) is 0.243. The minimum Gasteiger partial charge on any atom is -0.488 e. The predicted octanol–water partition coefficient (Wildman–Crippen LogP) is 3.48. The first kappa shape index (κ1) is 20.5. The van der Waals surface area contributed by atoms with Gasteiger partial charge in [0.05, 0.1) is 15.5 Å². The van der Waals surface area contributed by atoms with Gasteiger partial charge < -0.3 is 9.47 Å². The first-order valence-corrected chi connectivity index (χ1v) is 9.69. The van der Waals surface area contributed by atoms with Crippen molar-refractivity contribution in [2.24, 2.45) is 0 Å². The first-order valence-electron chi connectivity index (χ1n) is 7.49. The predicted molar refractivity (Wildman–Crippen MR) is 99.6 cm³/mol. The number of hydrogen-bond donors (Lipinski definition) is 0. The van der Waals surface area contributed by atoms with E-state index in [0.717, 1.165) is 4.31 Å². The van der Waals surface area contributed by atoms with Crippen LogP contribution in [0.25, 0.3) is 0 Å². The second kappa shape index (κ2) is 8.73. The molecule has 0 aliphatic heterocycles. The van der Waals surface area contributed by atoms with Crippen molar-refractivity contribution in [3.05, 3.63) is 58.1 Å². The molecule has 0 aliphatic rings. The summed E-state index contributed by atoms with van der Waals surface area (Å²) in [5.74, 6) is -0.144. The highest BCUT2D eigenvalue weighted by Gasteiger charge is 2.17. The molecule has 0 aromatic heterocycles. The summed E-state index contributed by atoms with van der Waals surface area (Å²) in [4.78, 5) is 12.1. The van der Waals surface area contributed by atoms with E-state index < -0.39 is 16.0 Å². The second-order valence-corrected chi connectivity index (χ2v) is 8.37. The van der Waals surface area contributed by atoms with Gasteiger partial charge >= 0.3 is 5.97 Å². The highest BCUT2D eigenvalue weighted by Crippen LogP contribution is 2.27. The molecule has 0 unspecified atom stereocenters. The SMILES string of the molecule is CN(C)S(=O)(=O)c1ccc(C(=O)OCCOc2ccc(Cl)cc2Cl)cc1. The smallest absolute Gasteiger partial charge is 0.338 e. The average molecular weight is 418 g/mol. The molecule has 0 spiro atoms. The van der Waals surface area contributed by atoms with E-state index in [1.54, 1.807) is 18.2 Å². The van der Waals surface area contributed by atoms with Crippen LogP contribution in [0.5, 0.6) is 5.75 Å². The Labute approximate surface area is 162 Å². The molecule has 0 bridgehead atoms. The largest absolute Gasteiger partial charge is 0.488 e. The maximum Gasteiger partial charge on any atom is 0.338 e. The number of carbonyl (C=O) groups is 1. The molecule has 0 amide bonds. The molecule has 2 aromatic rings. The van der Waals surface area contributed by atoms with E-state index in [1.807, 2.05) is 0 Å². The van der Waals surface area contributed by atoms with Crippen LogP contribution in [0.4, 0.5) is 0 Å². The molecule has 0 radical (unpaired) electrons. The molecule has 26 heavy (non-hydrogen) atoms. The minimum absolute atomic E-state index is 0.00946. The van der Waals surface area contributed by atoms with Gasteiger partial charge in [-0.25, -0.2) is 17.5 Å². The van der Waals surface area contributed by atoms with Crippen molar-refractivity contribution >= 4 is 39.2 Å². The van der Waals surface area contributed by atoms with Gasteiger partial charge in [-0.2, -0.15) is 0 Å². The maximum absolute atomic E-state index is 12.0. The molecule has 0 N–H and O–H groups in total. The first-order chi connectivity index (χ1) is 12.2. The van der Waals surface area contributed by atoms with Gasteiger partial charge in [-0.15, -0.1) is 0 Å². The van der Waals surface area contributed by atoms with Crippen molar-refractivity contribution in [2.45, 2.75) is 4.90 Å². The Balaban J connectivity index is 1.88. The van der Waals surface area contributed by atoms with Gasteiger partial charge in [-0.3, -0.25) is 0 Å². The summed E-state index contributed by atoms with van der Waals surface area (Å²) in [6, 6.07) is 10.3. The van der Waals surface area contributed by atoms with Crippen molar-refractivity contribution in [1.29, 1.82) is 0 Å². The van der Waals surface area contributed by atoms with E-state index >= 15 is 0 Å². The van der Waals surface area contributed by atoms with Crippen molar-refractivity contribution in [2.75, 3.05) is 27.3 Å². The number of hydrogen-bond acceptors (Lipinski definition) is 5. The number of halogens is 2. The fourth-order valence-electron chi connectivity index (χ4n) is 1.94. The van der Waals surface area contributed by atoms with Gasteiger partial charge in [-0.05, 0) is 42.5 Å². The Morgan fingerprint density at radius 2 is 1.69 bits per heavy atom. The third kappa shape index (κ3) is 5.11. The van der Waals surface area contributed by atoms with Crippen molar-refractivity contribution in [3.63, 3.8) is 0 Å². The summed E-state index contributed by atoms with van der Waals surface area (Å²) in [6.07, 6.45) is 0. The molecule has 2 rings (SSSR count). The highest BCUT2D eigenvalue weighted by atomic mass is 35.5. The normalized spacial score (nSPS) is 11.4. The third-order valence-electron chi connectivity index (χ3n) is 3.34. The Morgan fingerprint density at radius 1 is 1.04 bits per heavy atom. The van der Waals surface area contributed by atoms with E-state index in [9.17, 15) is 13.2 Å². The van der Waals surface area contributed by atoms with E-state index in [2.05, 4.69) is 0 Å². The van der Waals surface area contributed by atoms with Gasteiger partial charge in [-0.1, -0.05) is 23.2 Å². The Hall–Kier alpha value is -1.80. The van der Waals surface area contributed by atoms with Gasteiger partial charge in [0, 0.05) is 19.1 Å². The van der Waals surface area contributed by atoms with Crippen LogP contribution >= 0.6 is 23.2 Å². The van der Waals surface area contributed by atoms with Crippen LogP contribution in [0, 0.1) is 0 Å². The second-order valence-electron chi connectivity index (χ2n) is 5.37. The van der Waals surface area contributed by atoms with Crippen LogP contribution < -0.4 is 4.74 Å². The van der Waals surface area contributed by atoms with Gasteiger partial charge in [0.2, 0.25) is 10.0 Å². The summed E-state index contributed by atoms with van der Waals surface area (Å²) in [6.45, 7) is 0.121. The number of esters is 1. The molecular formula is C17H17Cl2NO5S. The van der Waals surface area contributed by atoms with E-state index in [4.69, 9.17) is 32.7 Å². The fourth-order valence-corrected chi connectivity index (χ4v) is 3.30. The lowest BCUT2D eigenvalue weighted by molar-refractivity contribution is 0.0450. The number of benzene rings is 2. The molecular weight excluding hydrogens is 401 g/mol. The molecule has 0 fully saturated rings. The zero-order valence-electron chi connectivity index (χ0n) is 14.1. The Morgan fingerprint density at radius 3 is 2.27 bits per heavy atom. The van der Waals surface area contributed by atoms with Gasteiger partial charge in [0.1, 0.15) is 19.0 Å². The number of ether oxygens (including phenoxy) is 2. The quantitative estimate of drug-likeness (QED) is 0.509. The third-order valence-corrected chi connectivity index (χ3v) is 5.70. The standard InChI is InChI=1S/C17H17Cl2NO5S/c1-20(2)26(22,23)14-6-3-12(4-7-14)17(21)25-10-9-24-16-8-5-13(18)11-15(16)19/h3-8,11H,9-10H2,1-2H3. The lowest BCUT2D eigenvalue weighted by Crippen LogP contribution is -2.22. The Bertz CT molecular complexity index is 883. The van der Waals surface area contributed by atoms with Crippen LogP contribution in [-0.4, -0.2) is 46.0 Å². The van der Waals surface area contributed by atoms with Gasteiger partial charge in [0.25, 0.3) is 0 Å². The van der Waals surface area contributed by atoms with Crippen LogP contribution in [-0.2, 0) is 14.8 Å². The molecule has 140 valence electrons. The fraction of sp³-hybridized carbons (Fsp3) is 0.235. The average Bonchev–Trinajstić information content (AvgIpc) is 2.60. The Kier molecular flexibility index (Phi) is 6.88. The van der Waals surface area contributed by atoms with Crippen LogP contribution in [0.1, 0.15) is 10.4 Å². The lowest BCUT2D eigenvalue weighted by atomic mass is 10.2.